The Labute approximate surface area is 65.4 Å². The Morgan fingerprint density at radius 1 is 1.70 bits per heavy atom. The van der Waals surface area contributed by atoms with E-state index in [-0.39, 0.29) is 0 Å². The molecule has 0 heterocycles. The highest BCUT2D eigenvalue weighted by Crippen LogP contribution is 2.30. The summed E-state index contributed by atoms with van der Waals surface area (Å²) in [7, 11) is 0. The maximum Gasteiger partial charge on any atom is 0.131 e. The van der Waals surface area contributed by atoms with E-state index in [9.17, 15) is 4.39 Å². The summed E-state index contributed by atoms with van der Waals surface area (Å²) in [4.78, 5) is 0. The minimum atomic E-state index is -1.24. The van der Waals surface area contributed by atoms with E-state index in [0.29, 0.717) is 11.5 Å². The van der Waals surface area contributed by atoms with Gasteiger partial charge in [-0.3, -0.25) is 0 Å². The van der Waals surface area contributed by atoms with Crippen molar-refractivity contribution in [3.63, 3.8) is 0 Å². The quantitative estimate of drug-likeness (QED) is 0.511. The summed E-state index contributed by atoms with van der Waals surface area (Å²) < 4.78 is 13.2. The van der Waals surface area contributed by atoms with Crippen LogP contribution in [0.4, 0.5) is 4.39 Å². The molecule has 0 bridgehead atoms. The van der Waals surface area contributed by atoms with Crippen LogP contribution in [0, 0.1) is 0 Å². The van der Waals surface area contributed by atoms with Crippen molar-refractivity contribution >= 4 is 11.6 Å². The van der Waals surface area contributed by atoms with E-state index in [1.54, 1.807) is 6.08 Å². The summed E-state index contributed by atoms with van der Waals surface area (Å²) in [6, 6.07) is 0. The summed E-state index contributed by atoms with van der Waals surface area (Å²) in [6.07, 6.45) is 3.70. The highest BCUT2D eigenvalue weighted by atomic mass is 35.5. The van der Waals surface area contributed by atoms with Gasteiger partial charge in [0.2, 0.25) is 0 Å². The first kappa shape index (κ1) is 7.80. The Kier molecular flexibility index (Phi) is 1.86. The molecule has 1 aliphatic carbocycles. The van der Waals surface area contributed by atoms with Crippen LogP contribution in [0.3, 0.4) is 0 Å². The Morgan fingerprint density at radius 3 is 2.70 bits per heavy atom. The van der Waals surface area contributed by atoms with Gasteiger partial charge in [-0.1, -0.05) is 17.2 Å². The van der Waals surface area contributed by atoms with Crippen molar-refractivity contribution in [2.24, 2.45) is 0 Å². The van der Waals surface area contributed by atoms with E-state index in [1.807, 2.05) is 6.92 Å². The van der Waals surface area contributed by atoms with E-state index in [0.717, 1.165) is 5.57 Å². The fraction of sp³-hybridized carbons (Fsp3) is 0.500. The molecule has 1 rings (SSSR count). The first-order valence-corrected chi connectivity index (χ1v) is 3.62. The van der Waals surface area contributed by atoms with Gasteiger partial charge in [0, 0.05) is 11.5 Å². The van der Waals surface area contributed by atoms with Crippen molar-refractivity contribution in [3.05, 3.63) is 22.8 Å². The van der Waals surface area contributed by atoms with Crippen LogP contribution in [0.15, 0.2) is 22.8 Å². The van der Waals surface area contributed by atoms with Gasteiger partial charge >= 0.3 is 0 Å². The zero-order chi connectivity index (χ0) is 7.78. The molecule has 0 amide bonds. The Hall–Kier alpha value is -0.300. The van der Waals surface area contributed by atoms with Gasteiger partial charge in [-0.15, -0.1) is 0 Å². The number of halogens is 2. The molecule has 1 unspecified atom stereocenters. The molecule has 56 valence electrons. The molecule has 0 radical (unpaired) electrons. The highest BCUT2D eigenvalue weighted by molar-refractivity contribution is 6.31. The van der Waals surface area contributed by atoms with Crippen molar-refractivity contribution in [1.29, 1.82) is 0 Å². The van der Waals surface area contributed by atoms with E-state index >= 15 is 0 Å². The molecule has 1 aliphatic rings. The maximum atomic E-state index is 13.2. The van der Waals surface area contributed by atoms with Crippen LogP contribution < -0.4 is 0 Å². The molecule has 2 heteroatoms. The lowest BCUT2D eigenvalue weighted by Crippen LogP contribution is -2.17. The molecular weight excluding hydrogens is 151 g/mol. The van der Waals surface area contributed by atoms with Crippen LogP contribution in [0.25, 0.3) is 0 Å². The van der Waals surface area contributed by atoms with Gasteiger partial charge in [0.1, 0.15) is 5.67 Å². The smallest absolute Gasteiger partial charge is 0.131 e. The van der Waals surface area contributed by atoms with Crippen LogP contribution in [0.2, 0.25) is 0 Å². The number of hydrogen-bond donors (Lipinski definition) is 0. The largest absolute Gasteiger partial charge is 0.239 e. The second-order valence-electron chi connectivity index (χ2n) is 2.97. The molecule has 0 aromatic rings. The van der Waals surface area contributed by atoms with E-state index in [1.165, 1.54) is 13.0 Å². The van der Waals surface area contributed by atoms with Crippen LogP contribution >= 0.6 is 11.6 Å². The van der Waals surface area contributed by atoms with Crippen LogP contribution in [0.5, 0.6) is 0 Å². The van der Waals surface area contributed by atoms with Gasteiger partial charge in [0.15, 0.2) is 0 Å². The van der Waals surface area contributed by atoms with Crippen molar-refractivity contribution in [1.82, 2.24) is 0 Å². The van der Waals surface area contributed by atoms with Crippen LogP contribution in [-0.2, 0) is 0 Å². The molecule has 0 N–H and O–H groups in total. The van der Waals surface area contributed by atoms with Crippen molar-refractivity contribution in [2.45, 2.75) is 25.9 Å². The number of allylic oxidation sites excluding steroid dienone is 4. The Bertz CT molecular complexity index is 201. The second-order valence-corrected chi connectivity index (χ2v) is 3.41. The Morgan fingerprint density at radius 2 is 2.30 bits per heavy atom. The number of rotatable bonds is 0. The Balaban J connectivity index is 2.88. The molecule has 0 nitrogen and oxygen atoms in total. The zero-order valence-electron chi connectivity index (χ0n) is 6.12. The first-order valence-electron chi connectivity index (χ1n) is 3.24. The minimum Gasteiger partial charge on any atom is -0.239 e. The highest BCUT2D eigenvalue weighted by Gasteiger charge is 2.23. The lowest BCUT2D eigenvalue weighted by atomic mass is 9.94. The van der Waals surface area contributed by atoms with Gasteiger partial charge in [0.25, 0.3) is 0 Å². The summed E-state index contributed by atoms with van der Waals surface area (Å²) in [5.74, 6) is 0. The molecule has 0 saturated heterocycles. The summed E-state index contributed by atoms with van der Waals surface area (Å²) in [5, 5.41) is 0.508. The third-order valence-electron chi connectivity index (χ3n) is 1.45. The summed E-state index contributed by atoms with van der Waals surface area (Å²) in [5.41, 5.74) is -0.242. The fourth-order valence-electron chi connectivity index (χ4n) is 1.21. The maximum absolute atomic E-state index is 13.2. The lowest BCUT2D eigenvalue weighted by molar-refractivity contribution is 0.254. The zero-order valence-corrected chi connectivity index (χ0v) is 6.87. The van der Waals surface area contributed by atoms with E-state index in [2.05, 4.69) is 0 Å². The van der Waals surface area contributed by atoms with Crippen molar-refractivity contribution in [3.8, 4) is 0 Å². The minimum absolute atomic E-state index is 0.462. The van der Waals surface area contributed by atoms with E-state index < -0.39 is 5.67 Å². The van der Waals surface area contributed by atoms with Crippen LogP contribution in [-0.4, -0.2) is 5.67 Å². The van der Waals surface area contributed by atoms with Gasteiger partial charge in [-0.25, -0.2) is 4.39 Å². The monoisotopic (exact) mass is 160 g/mol. The predicted octanol–water partition coefficient (Wildman–Crippen LogP) is 3.19. The SMILES string of the molecule is CC1=CC(Cl)=CC(C)(F)C1. The molecular formula is C8H10ClF. The van der Waals surface area contributed by atoms with E-state index in [4.69, 9.17) is 11.6 Å². The average Bonchev–Trinajstić information content (AvgIpc) is 1.54. The molecule has 1 atom stereocenters. The molecule has 0 spiro atoms. The summed E-state index contributed by atoms with van der Waals surface area (Å²) in [6.45, 7) is 3.42. The molecule has 0 aromatic heterocycles. The average molecular weight is 161 g/mol. The van der Waals surface area contributed by atoms with Gasteiger partial charge < -0.3 is 0 Å². The first-order chi connectivity index (χ1) is 4.49. The van der Waals surface area contributed by atoms with Gasteiger partial charge in [0.05, 0.1) is 0 Å². The summed E-state index contributed by atoms with van der Waals surface area (Å²) >= 11 is 5.64. The number of hydrogen-bond acceptors (Lipinski definition) is 0. The third-order valence-corrected chi connectivity index (χ3v) is 1.67. The fourth-order valence-corrected chi connectivity index (χ4v) is 1.63. The van der Waals surface area contributed by atoms with Gasteiger partial charge in [-0.2, -0.15) is 0 Å². The van der Waals surface area contributed by atoms with Crippen LogP contribution in [0.1, 0.15) is 20.3 Å². The molecule has 10 heavy (non-hydrogen) atoms. The predicted molar refractivity (Wildman–Crippen MR) is 41.8 cm³/mol. The van der Waals surface area contributed by atoms with Crippen molar-refractivity contribution in [2.75, 3.05) is 0 Å². The van der Waals surface area contributed by atoms with Gasteiger partial charge in [-0.05, 0) is 26.0 Å². The molecule has 0 fully saturated rings. The standard InChI is InChI=1S/C8H10ClF/c1-6-3-7(9)5-8(2,10)4-6/h3,5H,4H2,1-2H3. The third kappa shape index (κ3) is 1.84. The molecule has 0 aromatic carbocycles. The number of alkyl halides is 1. The molecule has 0 saturated carbocycles. The lowest BCUT2D eigenvalue weighted by Gasteiger charge is -2.20. The second kappa shape index (κ2) is 2.39. The van der Waals surface area contributed by atoms with Crippen molar-refractivity contribution < 1.29 is 4.39 Å². The molecule has 0 aliphatic heterocycles. The topological polar surface area (TPSA) is 0 Å². The normalized spacial score (nSPS) is 33.2.